The van der Waals surface area contributed by atoms with Gasteiger partial charge in [-0.25, -0.2) is 8.78 Å². The first-order valence-corrected chi connectivity index (χ1v) is 6.12. The van der Waals surface area contributed by atoms with Crippen molar-refractivity contribution >= 4 is 23.2 Å². The summed E-state index contributed by atoms with van der Waals surface area (Å²) in [5.74, 6) is -1.59. The zero-order valence-electron chi connectivity index (χ0n) is 10.3. The van der Waals surface area contributed by atoms with Crippen LogP contribution in [0.1, 0.15) is 15.9 Å². The van der Waals surface area contributed by atoms with Crippen molar-refractivity contribution in [2.24, 2.45) is 0 Å². The lowest BCUT2D eigenvalue weighted by atomic mass is 10.1. The van der Waals surface area contributed by atoms with Gasteiger partial charge in [-0.2, -0.15) is 0 Å². The minimum Gasteiger partial charge on any atom is -0.398 e. The number of carbonyl (C=O) groups is 1. The number of nitrogens with one attached hydrogen (secondary N) is 1. The molecule has 2 aromatic carbocycles. The van der Waals surface area contributed by atoms with Crippen molar-refractivity contribution in [3.8, 4) is 0 Å². The molecule has 0 heterocycles. The Hall–Kier alpha value is -2.14. The van der Waals surface area contributed by atoms with E-state index in [4.69, 9.17) is 17.3 Å². The molecule has 104 valence electrons. The fourth-order valence-corrected chi connectivity index (χ4v) is 1.86. The molecule has 0 aliphatic heterocycles. The van der Waals surface area contributed by atoms with Crippen LogP contribution in [-0.4, -0.2) is 5.91 Å². The Balaban J connectivity index is 2.08. The van der Waals surface area contributed by atoms with E-state index in [1.165, 1.54) is 30.3 Å². The monoisotopic (exact) mass is 296 g/mol. The van der Waals surface area contributed by atoms with Crippen molar-refractivity contribution in [1.29, 1.82) is 0 Å². The molecule has 0 aromatic heterocycles. The van der Waals surface area contributed by atoms with Gasteiger partial charge in [-0.05, 0) is 35.9 Å². The van der Waals surface area contributed by atoms with Gasteiger partial charge in [0.2, 0.25) is 0 Å². The SMILES string of the molecule is Nc1ccc(F)cc1C(=O)NCc1ccc(F)c(Cl)c1. The molecule has 0 spiro atoms. The van der Waals surface area contributed by atoms with Gasteiger partial charge in [-0.3, -0.25) is 4.79 Å². The minimum atomic E-state index is -0.547. The molecule has 2 aromatic rings. The highest BCUT2D eigenvalue weighted by molar-refractivity contribution is 6.30. The van der Waals surface area contributed by atoms with Gasteiger partial charge in [0.1, 0.15) is 11.6 Å². The molecule has 20 heavy (non-hydrogen) atoms. The third-order valence-corrected chi connectivity index (χ3v) is 2.99. The van der Waals surface area contributed by atoms with E-state index in [1.807, 2.05) is 0 Å². The summed E-state index contributed by atoms with van der Waals surface area (Å²) >= 11 is 5.63. The van der Waals surface area contributed by atoms with E-state index in [9.17, 15) is 13.6 Å². The zero-order valence-corrected chi connectivity index (χ0v) is 11.0. The molecular formula is C14H11ClF2N2O. The quantitative estimate of drug-likeness (QED) is 0.855. The van der Waals surface area contributed by atoms with Crippen molar-refractivity contribution in [3.63, 3.8) is 0 Å². The number of hydrogen-bond acceptors (Lipinski definition) is 2. The molecule has 6 heteroatoms. The second-order valence-corrected chi connectivity index (χ2v) is 4.57. The number of nitrogens with two attached hydrogens (primary N) is 1. The van der Waals surface area contributed by atoms with Gasteiger partial charge in [0, 0.05) is 12.2 Å². The maximum absolute atomic E-state index is 13.1. The van der Waals surface area contributed by atoms with Gasteiger partial charge < -0.3 is 11.1 Å². The lowest BCUT2D eigenvalue weighted by molar-refractivity contribution is 0.0951. The van der Waals surface area contributed by atoms with Crippen LogP contribution < -0.4 is 11.1 Å². The van der Waals surface area contributed by atoms with E-state index in [0.29, 0.717) is 5.56 Å². The lowest BCUT2D eigenvalue weighted by Crippen LogP contribution is -2.24. The third kappa shape index (κ3) is 3.24. The molecule has 3 nitrogen and oxygen atoms in total. The third-order valence-electron chi connectivity index (χ3n) is 2.70. The first kappa shape index (κ1) is 14.3. The average Bonchev–Trinajstić information content (AvgIpc) is 2.42. The average molecular weight is 297 g/mol. The van der Waals surface area contributed by atoms with Crippen molar-refractivity contribution < 1.29 is 13.6 Å². The molecule has 0 aliphatic rings. The van der Waals surface area contributed by atoms with Crippen LogP contribution in [0.15, 0.2) is 36.4 Å². The predicted molar refractivity (Wildman–Crippen MR) is 73.4 cm³/mol. The highest BCUT2D eigenvalue weighted by atomic mass is 35.5. The van der Waals surface area contributed by atoms with Crippen LogP contribution in [-0.2, 0) is 6.54 Å². The molecule has 3 N–H and O–H groups in total. The zero-order chi connectivity index (χ0) is 14.7. The Kier molecular flexibility index (Phi) is 4.20. The van der Waals surface area contributed by atoms with Gasteiger partial charge in [0.15, 0.2) is 0 Å². The Morgan fingerprint density at radius 2 is 1.95 bits per heavy atom. The summed E-state index contributed by atoms with van der Waals surface area (Å²) in [4.78, 5) is 11.9. The molecule has 0 fully saturated rings. The molecule has 0 saturated heterocycles. The summed E-state index contributed by atoms with van der Waals surface area (Å²) in [6.45, 7) is 0.134. The highest BCUT2D eigenvalue weighted by Gasteiger charge is 2.11. The number of benzene rings is 2. The summed E-state index contributed by atoms with van der Waals surface area (Å²) in [5.41, 5.74) is 6.47. The van der Waals surface area contributed by atoms with E-state index in [0.717, 1.165) is 6.07 Å². The molecule has 0 atom stereocenters. The smallest absolute Gasteiger partial charge is 0.253 e. The Bertz CT molecular complexity index is 662. The van der Waals surface area contributed by atoms with E-state index in [2.05, 4.69) is 5.32 Å². The molecule has 0 unspecified atom stereocenters. The highest BCUT2D eigenvalue weighted by Crippen LogP contribution is 2.17. The standard InChI is InChI=1S/C14H11ClF2N2O/c15-11-5-8(1-3-12(11)17)7-19-14(20)10-6-9(16)2-4-13(10)18/h1-6H,7,18H2,(H,19,20). The first-order valence-electron chi connectivity index (χ1n) is 5.74. The Labute approximate surface area is 119 Å². The number of nitrogen functional groups attached to an aromatic ring is 1. The molecule has 0 bridgehead atoms. The van der Waals surface area contributed by atoms with Gasteiger partial charge in [-0.1, -0.05) is 17.7 Å². The topological polar surface area (TPSA) is 55.1 Å². The lowest BCUT2D eigenvalue weighted by Gasteiger charge is -2.08. The summed E-state index contributed by atoms with van der Waals surface area (Å²) in [6, 6.07) is 7.66. The Morgan fingerprint density at radius 1 is 1.20 bits per heavy atom. The first-order chi connectivity index (χ1) is 9.47. The fourth-order valence-electron chi connectivity index (χ4n) is 1.65. The summed E-state index contributed by atoms with van der Waals surface area (Å²) < 4.78 is 26.1. The van der Waals surface area contributed by atoms with E-state index < -0.39 is 17.5 Å². The largest absolute Gasteiger partial charge is 0.398 e. The van der Waals surface area contributed by atoms with Gasteiger partial charge in [0.25, 0.3) is 5.91 Å². The van der Waals surface area contributed by atoms with Crippen LogP contribution in [0.5, 0.6) is 0 Å². The van der Waals surface area contributed by atoms with Gasteiger partial charge in [-0.15, -0.1) is 0 Å². The van der Waals surface area contributed by atoms with E-state index in [-0.39, 0.29) is 22.8 Å². The van der Waals surface area contributed by atoms with Crippen LogP contribution in [0.4, 0.5) is 14.5 Å². The minimum absolute atomic E-state index is 0.0259. The molecule has 0 radical (unpaired) electrons. The molecule has 0 saturated carbocycles. The molecule has 0 aliphatic carbocycles. The normalized spacial score (nSPS) is 10.3. The van der Waals surface area contributed by atoms with Crippen LogP contribution >= 0.6 is 11.6 Å². The van der Waals surface area contributed by atoms with Crippen LogP contribution in [0, 0.1) is 11.6 Å². The van der Waals surface area contributed by atoms with Crippen LogP contribution in [0.2, 0.25) is 5.02 Å². The van der Waals surface area contributed by atoms with Crippen molar-refractivity contribution in [1.82, 2.24) is 5.32 Å². The number of halogens is 3. The molecule has 1 amide bonds. The number of hydrogen-bond donors (Lipinski definition) is 2. The van der Waals surface area contributed by atoms with Crippen molar-refractivity contribution in [2.45, 2.75) is 6.54 Å². The van der Waals surface area contributed by atoms with Crippen molar-refractivity contribution in [3.05, 3.63) is 64.2 Å². The maximum Gasteiger partial charge on any atom is 0.253 e. The summed E-state index contributed by atoms with van der Waals surface area (Å²) in [7, 11) is 0. The van der Waals surface area contributed by atoms with Gasteiger partial charge in [0.05, 0.1) is 10.6 Å². The predicted octanol–water partition coefficient (Wildman–Crippen LogP) is 3.13. The Morgan fingerprint density at radius 3 is 2.65 bits per heavy atom. The second kappa shape index (κ2) is 5.88. The van der Waals surface area contributed by atoms with Crippen LogP contribution in [0.25, 0.3) is 0 Å². The number of carbonyl (C=O) groups excluding carboxylic acids is 1. The van der Waals surface area contributed by atoms with Gasteiger partial charge >= 0.3 is 0 Å². The van der Waals surface area contributed by atoms with Crippen molar-refractivity contribution in [2.75, 3.05) is 5.73 Å². The number of rotatable bonds is 3. The maximum atomic E-state index is 13.1. The summed E-state index contributed by atoms with van der Waals surface area (Å²) in [6.07, 6.45) is 0. The summed E-state index contributed by atoms with van der Waals surface area (Å²) in [5, 5.41) is 2.54. The molecule has 2 rings (SSSR count). The second-order valence-electron chi connectivity index (χ2n) is 4.16. The number of amides is 1. The number of anilines is 1. The van der Waals surface area contributed by atoms with E-state index >= 15 is 0 Å². The van der Waals surface area contributed by atoms with E-state index in [1.54, 1.807) is 0 Å². The van der Waals surface area contributed by atoms with Crippen LogP contribution in [0.3, 0.4) is 0 Å². The fraction of sp³-hybridized carbons (Fsp3) is 0.0714. The molecular weight excluding hydrogens is 286 g/mol.